The molecule has 1 aliphatic heterocycles. The minimum Gasteiger partial charge on any atom is -0.374 e. The largest absolute Gasteiger partial charge is 0.374 e. The van der Waals surface area contributed by atoms with Crippen LogP contribution in [-0.2, 0) is 11.3 Å². The highest BCUT2D eigenvalue weighted by molar-refractivity contribution is 5.26. The van der Waals surface area contributed by atoms with Crippen LogP contribution in [0.15, 0.2) is 24.3 Å². The summed E-state index contributed by atoms with van der Waals surface area (Å²) >= 11 is 0. The standard InChI is InChI=1S/C19H27NO/c1-2-6-15(5-1)16-7-3-4-14(8-16)13-21-19-9-17-11-20-12-18(17)10-19/h3-4,7-8,15,17-20H,1-2,5-6,9-13H2/t17-,18+,19+. The van der Waals surface area contributed by atoms with Crippen molar-refractivity contribution in [1.82, 2.24) is 5.32 Å². The predicted octanol–water partition coefficient (Wildman–Crippen LogP) is 3.86. The zero-order valence-electron chi connectivity index (χ0n) is 12.9. The lowest BCUT2D eigenvalue weighted by molar-refractivity contribution is 0.0404. The van der Waals surface area contributed by atoms with Crippen molar-refractivity contribution in [3.63, 3.8) is 0 Å². The second kappa shape index (κ2) is 6.10. The summed E-state index contributed by atoms with van der Waals surface area (Å²) in [5.41, 5.74) is 2.91. The van der Waals surface area contributed by atoms with Gasteiger partial charge in [-0.15, -0.1) is 0 Å². The molecule has 0 radical (unpaired) electrons. The third-order valence-electron chi connectivity index (χ3n) is 5.87. The lowest BCUT2D eigenvalue weighted by atomic mass is 9.96. The van der Waals surface area contributed by atoms with Crippen LogP contribution in [0.2, 0.25) is 0 Å². The number of rotatable bonds is 4. The molecular formula is C19H27NO. The first kappa shape index (κ1) is 13.8. The van der Waals surface area contributed by atoms with Crippen molar-refractivity contribution in [2.45, 2.75) is 57.2 Å². The van der Waals surface area contributed by atoms with E-state index >= 15 is 0 Å². The molecule has 0 aromatic heterocycles. The molecule has 3 fully saturated rings. The van der Waals surface area contributed by atoms with E-state index in [1.807, 2.05) is 0 Å². The second-order valence-corrected chi connectivity index (χ2v) is 7.31. The molecule has 1 saturated heterocycles. The summed E-state index contributed by atoms with van der Waals surface area (Å²) in [7, 11) is 0. The molecule has 1 aromatic rings. The monoisotopic (exact) mass is 285 g/mol. The van der Waals surface area contributed by atoms with Gasteiger partial charge >= 0.3 is 0 Å². The zero-order chi connectivity index (χ0) is 14.1. The van der Waals surface area contributed by atoms with Gasteiger partial charge in [-0.25, -0.2) is 0 Å². The number of nitrogens with one attached hydrogen (secondary N) is 1. The average Bonchev–Trinajstić information content (AvgIpc) is 3.22. The van der Waals surface area contributed by atoms with E-state index in [-0.39, 0.29) is 0 Å². The van der Waals surface area contributed by atoms with Crippen LogP contribution in [0.3, 0.4) is 0 Å². The SMILES string of the molecule is c1cc(CO[C@@H]2C[C@H]3CNC[C@H]3C2)cc(C2CCCC2)c1. The van der Waals surface area contributed by atoms with E-state index in [0.29, 0.717) is 6.10 Å². The fourth-order valence-electron chi connectivity index (χ4n) is 4.66. The average molecular weight is 285 g/mol. The second-order valence-electron chi connectivity index (χ2n) is 7.31. The van der Waals surface area contributed by atoms with Crippen LogP contribution in [0.25, 0.3) is 0 Å². The topological polar surface area (TPSA) is 21.3 Å². The molecule has 2 nitrogen and oxygen atoms in total. The molecule has 3 aliphatic rings. The third kappa shape index (κ3) is 3.02. The Kier molecular flexibility index (Phi) is 4.00. The molecule has 1 heterocycles. The number of hydrogen-bond acceptors (Lipinski definition) is 2. The molecule has 0 unspecified atom stereocenters. The molecule has 114 valence electrons. The summed E-state index contributed by atoms with van der Waals surface area (Å²) in [6.07, 6.45) is 8.60. The van der Waals surface area contributed by atoms with Crippen molar-refractivity contribution in [1.29, 1.82) is 0 Å². The van der Waals surface area contributed by atoms with E-state index in [1.165, 1.54) is 57.2 Å². The first-order valence-corrected chi connectivity index (χ1v) is 8.79. The van der Waals surface area contributed by atoms with Gasteiger partial charge in [0.1, 0.15) is 0 Å². The van der Waals surface area contributed by atoms with Crippen LogP contribution in [0.5, 0.6) is 0 Å². The number of fused-ring (bicyclic) bond motifs is 1. The lowest BCUT2D eigenvalue weighted by Gasteiger charge is -2.15. The first-order valence-electron chi connectivity index (χ1n) is 8.79. The van der Waals surface area contributed by atoms with Crippen LogP contribution in [0.1, 0.15) is 55.6 Å². The molecule has 4 rings (SSSR count). The number of hydrogen-bond donors (Lipinski definition) is 1. The highest BCUT2D eigenvalue weighted by atomic mass is 16.5. The van der Waals surface area contributed by atoms with Gasteiger partial charge in [0.15, 0.2) is 0 Å². The highest BCUT2D eigenvalue weighted by Crippen LogP contribution is 2.37. The van der Waals surface area contributed by atoms with Crippen molar-refractivity contribution >= 4 is 0 Å². The van der Waals surface area contributed by atoms with Crippen molar-refractivity contribution in [3.8, 4) is 0 Å². The van der Waals surface area contributed by atoms with E-state index in [1.54, 1.807) is 5.56 Å². The Labute approximate surface area is 128 Å². The predicted molar refractivity (Wildman–Crippen MR) is 85.3 cm³/mol. The molecule has 0 bridgehead atoms. The van der Waals surface area contributed by atoms with E-state index < -0.39 is 0 Å². The molecule has 1 N–H and O–H groups in total. The molecular weight excluding hydrogens is 258 g/mol. The van der Waals surface area contributed by atoms with Crippen molar-refractivity contribution in [2.75, 3.05) is 13.1 Å². The fourth-order valence-corrected chi connectivity index (χ4v) is 4.66. The lowest BCUT2D eigenvalue weighted by Crippen LogP contribution is -2.16. The Morgan fingerprint density at radius 3 is 2.57 bits per heavy atom. The summed E-state index contributed by atoms with van der Waals surface area (Å²) in [6, 6.07) is 9.16. The van der Waals surface area contributed by atoms with E-state index in [9.17, 15) is 0 Å². The molecule has 0 spiro atoms. The molecule has 3 atom stereocenters. The quantitative estimate of drug-likeness (QED) is 0.907. The Hall–Kier alpha value is -0.860. The maximum Gasteiger partial charge on any atom is 0.0720 e. The summed E-state index contributed by atoms with van der Waals surface area (Å²) in [5.74, 6) is 2.56. The first-order chi connectivity index (χ1) is 10.4. The zero-order valence-corrected chi connectivity index (χ0v) is 12.9. The van der Waals surface area contributed by atoms with E-state index in [4.69, 9.17) is 4.74 Å². The van der Waals surface area contributed by atoms with Crippen molar-refractivity contribution < 1.29 is 4.74 Å². The summed E-state index contributed by atoms with van der Waals surface area (Å²) < 4.78 is 6.22. The van der Waals surface area contributed by atoms with Gasteiger partial charge in [-0.3, -0.25) is 0 Å². The molecule has 1 aromatic carbocycles. The van der Waals surface area contributed by atoms with Gasteiger partial charge in [-0.1, -0.05) is 37.1 Å². The minimum atomic E-state index is 0.497. The fraction of sp³-hybridized carbons (Fsp3) is 0.684. The highest BCUT2D eigenvalue weighted by Gasteiger charge is 2.37. The Bertz CT molecular complexity index is 468. The molecule has 2 saturated carbocycles. The van der Waals surface area contributed by atoms with Gasteiger partial charge in [0.25, 0.3) is 0 Å². The van der Waals surface area contributed by atoms with Crippen LogP contribution in [0.4, 0.5) is 0 Å². The molecule has 0 amide bonds. The van der Waals surface area contributed by atoms with Gasteiger partial charge < -0.3 is 10.1 Å². The van der Waals surface area contributed by atoms with Gasteiger partial charge in [-0.2, -0.15) is 0 Å². The van der Waals surface area contributed by atoms with Crippen LogP contribution in [0, 0.1) is 11.8 Å². The Morgan fingerprint density at radius 1 is 1.05 bits per heavy atom. The van der Waals surface area contributed by atoms with Gasteiger partial charge in [0.05, 0.1) is 12.7 Å². The van der Waals surface area contributed by atoms with Crippen LogP contribution in [-0.4, -0.2) is 19.2 Å². The normalized spacial score (nSPS) is 32.7. The Morgan fingerprint density at radius 2 is 1.81 bits per heavy atom. The van der Waals surface area contributed by atoms with Gasteiger partial charge in [-0.05, 0) is 67.7 Å². The number of ether oxygens (including phenoxy) is 1. The summed E-state index contributed by atoms with van der Waals surface area (Å²) in [4.78, 5) is 0. The van der Waals surface area contributed by atoms with E-state index in [2.05, 4.69) is 29.6 Å². The smallest absolute Gasteiger partial charge is 0.0720 e. The van der Waals surface area contributed by atoms with Gasteiger partial charge in [0, 0.05) is 0 Å². The van der Waals surface area contributed by atoms with E-state index in [0.717, 1.165) is 24.4 Å². The Balaban J connectivity index is 1.33. The maximum atomic E-state index is 6.22. The maximum absolute atomic E-state index is 6.22. The minimum absolute atomic E-state index is 0.497. The van der Waals surface area contributed by atoms with Gasteiger partial charge in [0.2, 0.25) is 0 Å². The number of benzene rings is 1. The molecule has 2 aliphatic carbocycles. The summed E-state index contributed by atoms with van der Waals surface area (Å²) in [5, 5.41) is 3.50. The van der Waals surface area contributed by atoms with Crippen molar-refractivity contribution in [2.24, 2.45) is 11.8 Å². The summed E-state index contributed by atoms with van der Waals surface area (Å²) in [6.45, 7) is 3.22. The van der Waals surface area contributed by atoms with Crippen LogP contribution < -0.4 is 5.32 Å². The van der Waals surface area contributed by atoms with Crippen molar-refractivity contribution in [3.05, 3.63) is 35.4 Å². The molecule has 2 heteroatoms. The molecule has 21 heavy (non-hydrogen) atoms. The third-order valence-corrected chi connectivity index (χ3v) is 5.87. The van der Waals surface area contributed by atoms with Crippen LogP contribution >= 0.6 is 0 Å².